The first-order chi connectivity index (χ1) is 9.02. The summed E-state index contributed by atoms with van der Waals surface area (Å²) in [6.07, 6.45) is 0.348. The maximum Gasteiger partial charge on any atom is 0.238 e. The molecule has 1 aromatic carbocycles. The van der Waals surface area contributed by atoms with Gasteiger partial charge in [-0.1, -0.05) is 0 Å². The van der Waals surface area contributed by atoms with E-state index in [2.05, 4.69) is 10.2 Å². The number of benzene rings is 1. The fraction of sp³-hybridized carbons (Fsp3) is 0.500. The lowest BCUT2D eigenvalue weighted by molar-refractivity contribution is -0.121. The average molecular weight is 263 g/mol. The number of hydrogen-bond donors (Lipinski definition) is 2. The highest BCUT2D eigenvalue weighted by atomic mass is 16.5. The Morgan fingerprint density at radius 3 is 2.47 bits per heavy atom. The van der Waals surface area contributed by atoms with Gasteiger partial charge in [0.2, 0.25) is 5.91 Å². The van der Waals surface area contributed by atoms with Crippen molar-refractivity contribution >= 4 is 17.3 Å². The molecule has 0 bridgehead atoms. The number of nitrogens with one attached hydrogen (secondary N) is 1. The van der Waals surface area contributed by atoms with Gasteiger partial charge in [0.25, 0.3) is 0 Å². The second-order valence-corrected chi connectivity index (χ2v) is 5.12. The third-order valence-corrected chi connectivity index (χ3v) is 3.06. The second kappa shape index (κ2) is 6.04. The standard InChI is InChI=1S/C14H21N3O2/c1-10-7-17(8-11(2)19-10)9-14(18)16-13-5-3-12(15)4-6-13/h3-6,10-11H,7-9,15H2,1-2H3,(H,16,18). The maximum atomic E-state index is 12.0. The molecule has 2 unspecified atom stereocenters. The van der Waals surface area contributed by atoms with Crippen molar-refractivity contribution < 1.29 is 9.53 Å². The molecule has 1 saturated heterocycles. The van der Waals surface area contributed by atoms with Crippen LogP contribution >= 0.6 is 0 Å². The molecule has 2 atom stereocenters. The zero-order valence-corrected chi connectivity index (χ0v) is 11.4. The maximum absolute atomic E-state index is 12.0. The van der Waals surface area contributed by atoms with Crippen LogP contribution in [0, 0.1) is 0 Å². The summed E-state index contributed by atoms with van der Waals surface area (Å²) in [5.74, 6) is -0.00827. The summed E-state index contributed by atoms with van der Waals surface area (Å²) < 4.78 is 5.64. The first kappa shape index (κ1) is 13.8. The number of carbonyl (C=O) groups excluding carboxylic acids is 1. The third-order valence-electron chi connectivity index (χ3n) is 3.06. The van der Waals surface area contributed by atoms with Crippen molar-refractivity contribution in [2.45, 2.75) is 26.1 Å². The molecule has 1 amide bonds. The monoisotopic (exact) mass is 263 g/mol. The minimum atomic E-state index is -0.00827. The highest BCUT2D eigenvalue weighted by Gasteiger charge is 2.23. The number of nitrogen functional groups attached to an aromatic ring is 1. The molecule has 5 heteroatoms. The molecule has 0 radical (unpaired) electrons. The summed E-state index contributed by atoms with van der Waals surface area (Å²) in [6, 6.07) is 7.15. The van der Waals surface area contributed by atoms with Crippen LogP contribution in [0.25, 0.3) is 0 Å². The minimum Gasteiger partial charge on any atom is -0.399 e. The van der Waals surface area contributed by atoms with E-state index in [1.54, 1.807) is 24.3 Å². The van der Waals surface area contributed by atoms with Crippen LogP contribution < -0.4 is 11.1 Å². The van der Waals surface area contributed by atoms with Crippen molar-refractivity contribution in [1.29, 1.82) is 0 Å². The Balaban J connectivity index is 1.85. The number of nitrogens with zero attached hydrogens (tertiary/aromatic N) is 1. The summed E-state index contributed by atoms with van der Waals surface area (Å²) in [6.45, 7) is 6.03. The lowest BCUT2D eigenvalue weighted by Gasteiger charge is -2.34. The first-order valence-electron chi connectivity index (χ1n) is 6.56. The molecule has 104 valence electrons. The van der Waals surface area contributed by atoms with E-state index in [1.807, 2.05) is 13.8 Å². The Labute approximate surface area is 113 Å². The number of ether oxygens (including phenoxy) is 1. The van der Waals surface area contributed by atoms with Crippen LogP contribution in [0.5, 0.6) is 0 Å². The van der Waals surface area contributed by atoms with E-state index in [4.69, 9.17) is 10.5 Å². The summed E-state index contributed by atoms with van der Waals surface area (Å²) in [5, 5.41) is 2.87. The van der Waals surface area contributed by atoms with Crippen LogP contribution in [0.15, 0.2) is 24.3 Å². The predicted molar refractivity (Wildman–Crippen MR) is 75.9 cm³/mol. The molecular weight excluding hydrogens is 242 g/mol. The van der Waals surface area contributed by atoms with Crippen LogP contribution in [0.2, 0.25) is 0 Å². The highest BCUT2D eigenvalue weighted by Crippen LogP contribution is 2.12. The number of amides is 1. The molecule has 0 saturated carbocycles. The molecule has 1 aliphatic heterocycles. The van der Waals surface area contributed by atoms with Crippen LogP contribution in [-0.2, 0) is 9.53 Å². The van der Waals surface area contributed by atoms with E-state index < -0.39 is 0 Å². The van der Waals surface area contributed by atoms with E-state index >= 15 is 0 Å². The Kier molecular flexibility index (Phi) is 4.39. The van der Waals surface area contributed by atoms with Gasteiger partial charge < -0.3 is 15.8 Å². The van der Waals surface area contributed by atoms with Crippen LogP contribution in [0.3, 0.4) is 0 Å². The highest BCUT2D eigenvalue weighted by molar-refractivity contribution is 5.92. The molecule has 1 aromatic rings. The largest absolute Gasteiger partial charge is 0.399 e. The van der Waals surface area contributed by atoms with Crippen LogP contribution in [0.1, 0.15) is 13.8 Å². The van der Waals surface area contributed by atoms with E-state index in [1.165, 1.54) is 0 Å². The Morgan fingerprint density at radius 2 is 1.89 bits per heavy atom. The quantitative estimate of drug-likeness (QED) is 0.807. The van der Waals surface area contributed by atoms with Crippen LogP contribution in [-0.4, -0.2) is 42.6 Å². The summed E-state index contributed by atoms with van der Waals surface area (Å²) in [5.41, 5.74) is 7.06. The predicted octanol–water partition coefficient (Wildman–Crippen LogP) is 1.32. The van der Waals surface area contributed by atoms with Crippen molar-refractivity contribution in [3.63, 3.8) is 0 Å². The number of anilines is 2. The second-order valence-electron chi connectivity index (χ2n) is 5.12. The topological polar surface area (TPSA) is 67.6 Å². The van der Waals surface area contributed by atoms with E-state index in [-0.39, 0.29) is 18.1 Å². The SMILES string of the molecule is CC1CN(CC(=O)Nc2ccc(N)cc2)CC(C)O1. The molecule has 1 aliphatic rings. The number of carbonyl (C=O) groups is 1. The van der Waals surface area contributed by atoms with Crippen molar-refractivity contribution in [3.05, 3.63) is 24.3 Å². The lowest BCUT2D eigenvalue weighted by Crippen LogP contribution is -2.48. The molecule has 1 fully saturated rings. The summed E-state index contributed by atoms with van der Waals surface area (Å²) >= 11 is 0. The molecular formula is C14H21N3O2. The minimum absolute atomic E-state index is 0.00827. The third kappa shape index (κ3) is 4.22. The fourth-order valence-electron chi connectivity index (χ4n) is 2.38. The van der Waals surface area contributed by atoms with Gasteiger partial charge in [0.05, 0.1) is 18.8 Å². The molecule has 2 rings (SSSR count). The number of hydrogen-bond acceptors (Lipinski definition) is 4. The van der Waals surface area contributed by atoms with E-state index in [9.17, 15) is 4.79 Å². The molecule has 0 spiro atoms. The van der Waals surface area contributed by atoms with Gasteiger partial charge in [-0.25, -0.2) is 0 Å². The van der Waals surface area contributed by atoms with E-state index in [0.717, 1.165) is 18.8 Å². The van der Waals surface area contributed by atoms with Crippen molar-refractivity contribution in [2.75, 3.05) is 30.7 Å². The van der Waals surface area contributed by atoms with Crippen molar-refractivity contribution in [1.82, 2.24) is 4.90 Å². The van der Waals surface area contributed by atoms with Gasteiger partial charge in [-0.15, -0.1) is 0 Å². The Hall–Kier alpha value is -1.59. The molecule has 3 N–H and O–H groups in total. The van der Waals surface area contributed by atoms with Crippen molar-refractivity contribution in [3.8, 4) is 0 Å². The molecule has 1 heterocycles. The van der Waals surface area contributed by atoms with Gasteiger partial charge in [-0.05, 0) is 38.1 Å². The number of nitrogens with two attached hydrogens (primary N) is 1. The van der Waals surface area contributed by atoms with Gasteiger partial charge in [-0.2, -0.15) is 0 Å². The molecule has 0 aromatic heterocycles. The molecule has 19 heavy (non-hydrogen) atoms. The number of rotatable bonds is 3. The van der Waals surface area contributed by atoms with Crippen molar-refractivity contribution in [2.24, 2.45) is 0 Å². The van der Waals surface area contributed by atoms with E-state index in [0.29, 0.717) is 12.2 Å². The zero-order valence-electron chi connectivity index (χ0n) is 11.4. The zero-order chi connectivity index (χ0) is 13.8. The summed E-state index contributed by atoms with van der Waals surface area (Å²) in [7, 11) is 0. The average Bonchev–Trinajstić information content (AvgIpc) is 2.30. The van der Waals surface area contributed by atoms with Gasteiger partial charge in [0.15, 0.2) is 0 Å². The smallest absolute Gasteiger partial charge is 0.238 e. The lowest BCUT2D eigenvalue weighted by atomic mass is 10.2. The molecule has 5 nitrogen and oxygen atoms in total. The first-order valence-corrected chi connectivity index (χ1v) is 6.56. The normalized spacial score (nSPS) is 24.1. The van der Waals surface area contributed by atoms with Gasteiger partial charge >= 0.3 is 0 Å². The number of morpholine rings is 1. The fourth-order valence-corrected chi connectivity index (χ4v) is 2.38. The molecule has 0 aliphatic carbocycles. The van der Waals surface area contributed by atoms with Gasteiger partial charge in [-0.3, -0.25) is 9.69 Å². The Bertz CT molecular complexity index is 423. The Morgan fingerprint density at radius 1 is 1.32 bits per heavy atom. The van der Waals surface area contributed by atoms with Gasteiger partial charge in [0, 0.05) is 24.5 Å². The van der Waals surface area contributed by atoms with Crippen LogP contribution in [0.4, 0.5) is 11.4 Å². The van der Waals surface area contributed by atoms with Gasteiger partial charge in [0.1, 0.15) is 0 Å². The summed E-state index contributed by atoms with van der Waals surface area (Å²) in [4.78, 5) is 14.1.